The first-order chi connectivity index (χ1) is 7.68. The molecule has 1 aliphatic rings. The van der Waals surface area contributed by atoms with Crippen LogP contribution in [0.15, 0.2) is 30.3 Å². The van der Waals surface area contributed by atoms with Gasteiger partial charge in [-0.15, -0.1) is 0 Å². The Morgan fingerprint density at radius 3 is 2.69 bits per heavy atom. The van der Waals surface area contributed by atoms with Crippen LogP contribution in [0.5, 0.6) is 0 Å². The number of hydrogen-bond donors (Lipinski definition) is 1. The average molecular weight is 226 g/mol. The SMILES string of the molecule is O=C(O)[C@H]1OC(c2ccccc2)OC[C@H]1F. The predicted molar refractivity (Wildman–Crippen MR) is 52.5 cm³/mol. The summed E-state index contributed by atoms with van der Waals surface area (Å²) in [6, 6.07) is 8.85. The minimum absolute atomic E-state index is 0.267. The largest absolute Gasteiger partial charge is 0.479 e. The maximum absolute atomic E-state index is 13.2. The molecule has 0 aromatic heterocycles. The molecule has 0 spiro atoms. The molecule has 1 aromatic carbocycles. The monoisotopic (exact) mass is 226 g/mol. The number of benzene rings is 1. The molecule has 1 fully saturated rings. The third kappa shape index (κ3) is 2.20. The van der Waals surface area contributed by atoms with Gasteiger partial charge in [-0.1, -0.05) is 30.3 Å². The Morgan fingerprint density at radius 1 is 1.38 bits per heavy atom. The summed E-state index contributed by atoms with van der Waals surface area (Å²) in [6.45, 7) is -0.267. The van der Waals surface area contributed by atoms with Gasteiger partial charge in [0.15, 0.2) is 18.6 Å². The second-order valence-corrected chi connectivity index (χ2v) is 3.49. The van der Waals surface area contributed by atoms with E-state index in [0.717, 1.165) is 0 Å². The van der Waals surface area contributed by atoms with E-state index < -0.39 is 24.5 Å². The Bertz CT molecular complexity index is 368. The van der Waals surface area contributed by atoms with Crippen LogP contribution in [-0.4, -0.2) is 30.0 Å². The number of carboxylic acids is 1. The van der Waals surface area contributed by atoms with Gasteiger partial charge in [0.25, 0.3) is 0 Å². The van der Waals surface area contributed by atoms with Gasteiger partial charge in [0, 0.05) is 5.56 Å². The van der Waals surface area contributed by atoms with Crippen LogP contribution in [0.4, 0.5) is 4.39 Å². The highest BCUT2D eigenvalue weighted by atomic mass is 19.1. The molecule has 0 radical (unpaired) electrons. The van der Waals surface area contributed by atoms with Crippen molar-refractivity contribution in [3.8, 4) is 0 Å². The molecule has 0 saturated carbocycles. The van der Waals surface area contributed by atoms with Crippen molar-refractivity contribution in [2.75, 3.05) is 6.61 Å². The van der Waals surface area contributed by atoms with Gasteiger partial charge in [-0.05, 0) is 0 Å². The van der Waals surface area contributed by atoms with E-state index in [1.54, 1.807) is 24.3 Å². The van der Waals surface area contributed by atoms with Gasteiger partial charge in [0.05, 0.1) is 6.61 Å². The molecular weight excluding hydrogens is 215 g/mol. The van der Waals surface area contributed by atoms with Crippen LogP contribution < -0.4 is 0 Å². The Balaban J connectivity index is 2.12. The molecule has 5 heteroatoms. The number of carbonyl (C=O) groups is 1. The smallest absolute Gasteiger partial charge is 0.336 e. The van der Waals surface area contributed by atoms with E-state index in [1.807, 2.05) is 6.07 Å². The number of aliphatic carboxylic acids is 1. The van der Waals surface area contributed by atoms with E-state index in [0.29, 0.717) is 5.56 Å². The maximum atomic E-state index is 13.2. The molecule has 2 rings (SSSR count). The number of hydrogen-bond acceptors (Lipinski definition) is 3. The average Bonchev–Trinajstić information content (AvgIpc) is 2.30. The molecule has 0 amide bonds. The lowest BCUT2D eigenvalue weighted by atomic mass is 10.1. The second kappa shape index (κ2) is 4.59. The molecule has 1 N–H and O–H groups in total. The van der Waals surface area contributed by atoms with Gasteiger partial charge in [0.2, 0.25) is 0 Å². The minimum Gasteiger partial charge on any atom is -0.479 e. The lowest BCUT2D eigenvalue weighted by Gasteiger charge is -2.30. The van der Waals surface area contributed by atoms with E-state index in [9.17, 15) is 9.18 Å². The van der Waals surface area contributed by atoms with E-state index >= 15 is 0 Å². The van der Waals surface area contributed by atoms with Crippen molar-refractivity contribution in [2.45, 2.75) is 18.6 Å². The number of ether oxygens (including phenoxy) is 2. The minimum atomic E-state index is -1.63. The molecule has 0 aliphatic carbocycles. The molecule has 1 unspecified atom stereocenters. The van der Waals surface area contributed by atoms with E-state index in [-0.39, 0.29) is 6.61 Å². The van der Waals surface area contributed by atoms with Crippen molar-refractivity contribution in [1.29, 1.82) is 0 Å². The normalized spacial score (nSPS) is 29.9. The summed E-state index contributed by atoms with van der Waals surface area (Å²) in [5.74, 6) is -1.31. The lowest BCUT2D eigenvalue weighted by molar-refractivity contribution is -0.245. The standard InChI is InChI=1S/C11H11FO4/c12-8-6-15-11(16-9(8)10(13)14)7-4-2-1-3-5-7/h1-5,8-9,11H,6H2,(H,13,14)/t8-,9+,11?/m1/s1. The van der Waals surface area contributed by atoms with Gasteiger partial charge in [-0.2, -0.15) is 0 Å². The summed E-state index contributed by atoms with van der Waals surface area (Å²) >= 11 is 0. The van der Waals surface area contributed by atoms with E-state index in [1.165, 1.54) is 0 Å². The number of carboxylic acid groups (broad SMARTS) is 1. The molecule has 4 nitrogen and oxygen atoms in total. The molecule has 1 aromatic rings. The van der Waals surface area contributed by atoms with Gasteiger partial charge < -0.3 is 14.6 Å². The zero-order valence-corrected chi connectivity index (χ0v) is 8.38. The molecule has 1 saturated heterocycles. The predicted octanol–water partition coefficient (Wildman–Crippen LogP) is 1.52. The Morgan fingerprint density at radius 2 is 2.06 bits per heavy atom. The first kappa shape index (κ1) is 11.0. The summed E-state index contributed by atoms with van der Waals surface area (Å²) in [4.78, 5) is 10.7. The van der Waals surface area contributed by atoms with Crippen molar-refractivity contribution in [1.82, 2.24) is 0 Å². The van der Waals surface area contributed by atoms with Crippen LogP contribution in [0.3, 0.4) is 0 Å². The summed E-state index contributed by atoms with van der Waals surface area (Å²) in [6.07, 6.45) is -3.90. The number of alkyl halides is 1. The van der Waals surface area contributed by atoms with E-state index in [4.69, 9.17) is 14.6 Å². The van der Waals surface area contributed by atoms with Crippen molar-refractivity contribution in [3.63, 3.8) is 0 Å². The van der Waals surface area contributed by atoms with Gasteiger partial charge in [-0.25, -0.2) is 9.18 Å². The Kier molecular flexibility index (Phi) is 3.17. The summed E-state index contributed by atoms with van der Waals surface area (Å²) < 4.78 is 23.3. The zero-order chi connectivity index (χ0) is 11.5. The summed E-state index contributed by atoms with van der Waals surface area (Å²) in [7, 11) is 0. The van der Waals surface area contributed by atoms with Crippen LogP contribution in [0.2, 0.25) is 0 Å². The fourth-order valence-corrected chi connectivity index (χ4v) is 1.52. The molecule has 0 bridgehead atoms. The first-order valence-corrected chi connectivity index (χ1v) is 4.87. The topological polar surface area (TPSA) is 55.8 Å². The van der Waals surface area contributed by atoms with Crippen molar-refractivity contribution < 1.29 is 23.8 Å². The molecule has 16 heavy (non-hydrogen) atoms. The van der Waals surface area contributed by atoms with Crippen LogP contribution in [0, 0.1) is 0 Å². The number of rotatable bonds is 2. The van der Waals surface area contributed by atoms with Crippen molar-refractivity contribution in [2.24, 2.45) is 0 Å². The first-order valence-electron chi connectivity index (χ1n) is 4.87. The Labute approximate surface area is 91.6 Å². The highest BCUT2D eigenvalue weighted by Gasteiger charge is 2.37. The fourth-order valence-electron chi connectivity index (χ4n) is 1.52. The molecule has 1 aliphatic heterocycles. The van der Waals surface area contributed by atoms with E-state index in [2.05, 4.69) is 0 Å². The summed E-state index contributed by atoms with van der Waals surface area (Å²) in [5, 5.41) is 8.75. The number of halogens is 1. The van der Waals surface area contributed by atoms with Crippen LogP contribution in [0.25, 0.3) is 0 Å². The molecular formula is C11H11FO4. The zero-order valence-electron chi connectivity index (χ0n) is 8.38. The van der Waals surface area contributed by atoms with Gasteiger partial charge >= 0.3 is 5.97 Å². The maximum Gasteiger partial charge on any atom is 0.336 e. The highest BCUT2D eigenvalue weighted by Crippen LogP contribution is 2.27. The highest BCUT2D eigenvalue weighted by molar-refractivity contribution is 5.73. The molecule has 86 valence electrons. The van der Waals surface area contributed by atoms with Crippen LogP contribution >= 0.6 is 0 Å². The summed E-state index contributed by atoms with van der Waals surface area (Å²) in [5.41, 5.74) is 0.681. The fraction of sp³-hybridized carbons (Fsp3) is 0.364. The van der Waals surface area contributed by atoms with Crippen LogP contribution in [-0.2, 0) is 14.3 Å². The molecule has 3 atom stereocenters. The second-order valence-electron chi connectivity index (χ2n) is 3.49. The van der Waals surface area contributed by atoms with Crippen molar-refractivity contribution in [3.05, 3.63) is 35.9 Å². The van der Waals surface area contributed by atoms with Gasteiger partial charge in [-0.3, -0.25) is 0 Å². The Hall–Kier alpha value is -1.46. The third-order valence-electron chi connectivity index (χ3n) is 2.32. The van der Waals surface area contributed by atoms with Gasteiger partial charge in [0.1, 0.15) is 0 Å². The van der Waals surface area contributed by atoms with Crippen LogP contribution in [0.1, 0.15) is 11.9 Å². The quantitative estimate of drug-likeness (QED) is 0.830. The molecule has 1 heterocycles. The third-order valence-corrected chi connectivity index (χ3v) is 2.32. The van der Waals surface area contributed by atoms with Crippen molar-refractivity contribution >= 4 is 5.97 Å². The lowest BCUT2D eigenvalue weighted by Crippen LogP contribution is -2.42.